The Morgan fingerprint density at radius 1 is 1.54 bits per heavy atom. The molecule has 1 aliphatic carbocycles. The van der Waals surface area contributed by atoms with Crippen LogP contribution in [0.2, 0.25) is 0 Å². The predicted molar refractivity (Wildman–Crippen MR) is 44.0 cm³/mol. The lowest BCUT2D eigenvalue weighted by Gasteiger charge is -2.41. The Morgan fingerprint density at radius 3 is 2.46 bits per heavy atom. The van der Waals surface area contributed by atoms with Gasteiger partial charge in [-0.25, -0.2) is 0 Å². The highest BCUT2D eigenvalue weighted by molar-refractivity contribution is 5.73. The third-order valence-corrected chi connectivity index (χ3v) is 2.27. The second-order valence-corrected chi connectivity index (χ2v) is 3.58. The number of carbonyl (C=O) groups is 2. The first kappa shape index (κ1) is 9.98. The standard InChI is InChI=1S/C8H13NO4/c1-5(10)9-4-8(13)2-6(3-8)7(11)12/h6,13H,2-4H2,1H3,(H,9,10)(H,11,12). The summed E-state index contributed by atoms with van der Waals surface area (Å²) in [5.74, 6) is -1.56. The lowest BCUT2D eigenvalue weighted by molar-refractivity contribution is -0.157. The smallest absolute Gasteiger partial charge is 0.306 e. The van der Waals surface area contributed by atoms with Crippen molar-refractivity contribution in [3.8, 4) is 0 Å². The Hall–Kier alpha value is -1.10. The van der Waals surface area contributed by atoms with E-state index in [1.807, 2.05) is 0 Å². The largest absolute Gasteiger partial charge is 0.481 e. The predicted octanol–water partition coefficient (Wildman–Crippen LogP) is -0.652. The minimum atomic E-state index is -1.01. The third-order valence-electron chi connectivity index (χ3n) is 2.27. The number of carboxylic acid groups (broad SMARTS) is 1. The van der Waals surface area contributed by atoms with E-state index >= 15 is 0 Å². The topological polar surface area (TPSA) is 86.6 Å². The monoisotopic (exact) mass is 187 g/mol. The van der Waals surface area contributed by atoms with Crippen LogP contribution in [0.25, 0.3) is 0 Å². The lowest BCUT2D eigenvalue weighted by atomic mass is 9.71. The molecule has 0 heterocycles. The first-order valence-electron chi connectivity index (χ1n) is 4.12. The highest BCUT2D eigenvalue weighted by Gasteiger charge is 2.46. The molecule has 5 heteroatoms. The van der Waals surface area contributed by atoms with Crippen LogP contribution in [0.4, 0.5) is 0 Å². The van der Waals surface area contributed by atoms with Gasteiger partial charge in [0, 0.05) is 13.5 Å². The Bertz CT molecular complexity index is 227. The molecule has 1 saturated carbocycles. The molecular formula is C8H13NO4. The van der Waals surface area contributed by atoms with Gasteiger partial charge < -0.3 is 15.5 Å². The van der Waals surface area contributed by atoms with E-state index in [4.69, 9.17) is 5.11 Å². The van der Waals surface area contributed by atoms with E-state index < -0.39 is 17.5 Å². The number of aliphatic carboxylic acids is 1. The highest BCUT2D eigenvalue weighted by atomic mass is 16.4. The Kier molecular flexibility index (Phi) is 2.56. The summed E-state index contributed by atoms with van der Waals surface area (Å²) >= 11 is 0. The van der Waals surface area contributed by atoms with E-state index in [1.165, 1.54) is 6.92 Å². The summed E-state index contributed by atoms with van der Waals surface area (Å²) in [5, 5.41) is 20.6. The molecule has 1 amide bonds. The summed E-state index contributed by atoms with van der Waals surface area (Å²) in [6.45, 7) is 1.50. The molecule has 0 saturated heterocycles. The van der Waals surface area contributed by atoms with E-state index in [2.05, 4.69) is 5.32 Å². The van der Waals surface area contributed by atoms with Gasteiger partial charge in [0.2, 0.25) is 5.91 Å². The van der Waals surface area contributed by atoms with E-state index in [-0.39, 0.29) is 25.3 Å². The summed E-state index contributed by atoms with van der Waals surface area (Å²) in [5.41, 5.74) is -1.01. The van der Waals surface area contributed by atoms with Crippen molar-refractivity contribution >= 4 is 11.9 Å². The maximum Gasteiger partial charge on any atom is 0.306 e. The van der Waals surface area contributed by atoms with Gasteiger partial charge in [0.25, 0.3) is 0 Å². The molecule has 0 aromatic rings. The van der Waals surface area contributed by atoms with E-state index in [0.29, 0.717) is 0 Å². The number of aliphatic hydroxyl groups is 1. The quantitative estimate of drug-likeness (QED) is 0.548. The average Bonchev–Trinajstić information content (AvgIpc) is 1.95. The number of hydrogen-bond acceptors (Lipinski definition) is 3. The van der Waals surface area contributed by atoms with Gasteiger partial charge >= 0.3 is 5.97 Å². The molecule has 5 nitrogen and oxygen atoms in total. The minimum absolute atomic E-state index is 0.145. The molecule has 0 unspecified atom stereocenters. The van der Waals surface area contributed by atoms with Gasteiger partial charge in [0.05, 0.1) is 11.5 Å². The van der Waals surface area contributed by atoms with Crippen molar-refractivity contribution < 1.29 is 19.8 Å². The van der Waals surface area contributed by atoms with Crippen molar-refractivity contribution in [2.24, 2.45) is 5.92 Å². The Morgan fingerprint density at radius 2 is 2.08 bits per heavy atom. The minimum Gasteiger partial charge on any atom is -0.481 e. The molecule has 0 aromatic heterocycles. The van der Waals surface area contributed by atoms with Crippen molar-refractivity contribution in [2.75, 3.05) is 6.54 Å². The summed E-state index contributed by atoms with van der Waals surface area (Å²) in [6, 6.07) is 0. The molecule has 74 valence electrons. The fourth-order valence-corrected chi connectivity index (χ4v) is 1.47. The van der Waals surface area contributed by atoms with Gasteiger partial charge in [0.1, 0.15) is 0 Å². The average molecular weight is 187 g/mol. The number of rotatable bonds is 3. The van der Waals surface area contributed by atoms with Gasteiger partial charge in [-0.15, -0.1) is 0 Å². The molecule has 0 atom stereocenters. The fourth-order valence-electron chi connectivity index (χ4n) is 1.47. The van der Waals surface area contributed by atoms with Crippen LogP contribution in [0.15, 0.2) is 0 Å². The number of amides is 1. The Balaban J connectivity index is 2.29. The van der Waals surface area contributed by atoms with Gasteiger partial charge in [-0.05, 0) is 12.8 Å². The first-order valence-corrected chi connectivity index (χ1v) is 4.12. The zero-order valence-electron chi connectivity index (χ0n) is 7.41. The van der Waals surface area contributed by atoms with Gasteiger partial charge in [-0.1, -0.05) is 0 Å². The van der Waals surface area contributed by atoms with Crippen LogP contribution >= 0.6 is 0 Å². The Labute approximate surface area is 75.7 Å². The lowest BCUT2D eigenvalue weighted by Crippen LogP contribution is -2.53. The van der Waals surface area contributed by atoms with Crippen LogP contribution in [0, 0.1) is 5.92 Å². The number of hydrogen-bond donors (Lipinski definition) is 3. The van der Waals surface area contributed by atoms with Crippen LogP contribution in [0.1, 0.15) is 19.8 Å². The third kappa shape index (κ3) is 2.42. The zero-order chi connectivity index (χ0) is 10.1. The second-order valence-electron chi connectivity index (χ2n) is 3.58. The highest BCUT2D eigenvalue weighted by Crippen LogP contribution is 2.37. The molecule has 1 fully saturated rings. The van der Waals surface area contributed by atoms with E-state index in [0.717, 1.165) is 0 Å². The van der Waals surface area contributed by atoms with Crippen molar-refractivity contribution in [3.05, 3.63) is 0 Å². The second kappa shape index (κ2) is 3.33. The molecule has 3 N–H and O–H groups in total. The molecule has 0 spiro atoms. The molecular weight excluding hydrogens is 174 g/mol. The van der Waals surface area contributed by atoms with Crippen molar-refractivity contribution in [3.63, 3.8) is 0 Å². The summed E-state index contributed by atoms with van der Waals surface area (Å²) in [6.07, 6.45) is 0.450. The molecule has 1 rings (SSSR count). The van der Waals surface area contributed by atoms with Crippen LogP contribution in [-0.2, 0) is 9.59 Å². The van der Waals surface area contributed by atoms with Gasteiger partial charge in [-0.3, -0.25) is 9.59 Å². The van der Waals surface area contributed by atoms with E-state index in [1.54, 1.807) is 0 Å². The zero-order valence-corrected chi connectivity index (χ0v) is 7.41. The molecule has 0 aromatic carbocycles. The molecule has 1 aliphatic rings. The fraction of sp³-hybridized carbons (Fsp3) is 0.750. The number of nitrogens with one attached hydrogen (secondary N) is 1. The number of carboxylic acids is 1. The van der Waals surface area contributed by atoms with Crippen LogP contribution in [-0.4, -0.2) is 34.2 Å². The molecule has 13 heavy (non-hydrogen) atoms. The maximum atomic E-state index is 10.5. The summed E-state index contributed by atoms with van der Waals surface area (Å²) in [4.78, 5) is 20.9. The molecule has 0 radical (unpaired) electrons. The van der Waals surface area contributed by atoms with Crippen molar-refractivity contribution in [1.82, 2.24) is 5.32 Å². The van der Waals surface area contributed by atoms with E-state index in [9.17, 15) is 14.7 Å². The maximum absolute atomic E-state index is 10.5. The van der Waals surface area contributed by atoms with Crippen molar-refractivity contribution in [1.29, 1.82) is 0 Å². The summed E-state index contributed by atoms with van der Waals surface area (Å²) < 4.78 is 0. The van der Waals surface area contributed by atoms with Crippen LogP contribution in [0.5, 0.6) is 0 Å². The summed E-state index contributed by atoms with van der Waals surface area (Å²) in [7, 11) is 0. The number of carbonyl (C=O) groups excluding carboxylic acids is 1. The SMILES string of the molecule is CC(=O)NCC1(O)CC(C(=O)O)C1. The first-order chi connectivity index (χ1) is 5.93. The normalized spacial score (nSPS) is 32.0. The van der Waals surface area contributed by atoms with Gasteiger partial charge in [-0.2, -0.15) is 0 Å². The van der Waals surface area contributed by atoms with Crippen LogP contribution in [0.3, 0.4) is 0 Å². The van der Waals surface area contributed by atoms with Gasteiger partial charge in [0.15, 0.2) is 0 Å². The molecule has 0 aliphatic heterocycles. The van der Waals surface area contributed by atoms with Crippen LogP contribution < -0.4 is 5.32 Å². The van der Waals surface area contributed by atoms with Crippen molar-refractivity contribution in [2.45, 2.75) is 25.4 Å². The molecule has 0 bridgehead atoms.